The van der Waals surface area contributed by atoms with Crippen molar-refractivity contribution in [1.29, 1.82) is 0 Å². The van der Waals surface area contributed by atoms with Crippen LogP contribution in [0.4, 0.5) is 5.69 Å². The average Bonchev–Trinajstić information content (AvgIpc) is 2.77. The largest absolute Gasteiger partial charge is 0.505 e. The second-order valence-corrected chi connectivity index (χ2v) is 7.57. The van der Waals surface area contributed by atoms with Crippen LogP contribution in [0.2, 0.25) is 0 Å². The summed E-state index contributed by atoms with van der Waals surface area (Å²) < 4.78 is 0. The Morgan fingerprint density at radius 1 is 1.26 bits per heavy atom. The Hall–Kier alpha value is -1.78. The van der Waals surface area contributed by atoms with Crippen molar-refractivity contribution in [2.75, 3.05) is 12.2 Å². The molecule has 23 heavy (non-hydrogen) atoms. The highest BCUT2D eigenvalue weighted by Gasteiger charge is 2.34. The summed E-state index contributed by atoms with van der Waals surface area (Å²) in [7, 11) is 1.96. The minimum Gasteiger partial charge on any atom is -0.505 e. The highest BCUT2D eigenvalue weighted by Crippen LogP contribution is 2.39. The molecule has 1 heterocycles. The van der Waals surface area contributed by atoms with Crippen LogP contribution in [0.1, 0.15) is 31.9 Å². The van der Waals surface area contributed by atoms with Crippen LogP contribution < -0.4 is 5.12 Å². The smallest absolute Gasteiger partial charge is 0.145 e. The third-order valence-corrected chi connectivity index (χ3v) is 4.54. The number of rotatable bonds is 1. The molecule has 1 aromatic carbocycles. The molecule has 0 saturated heterocycles. The molecule has 0 radical (unpaired) electrons. The molecule has 1 aliphatic carbocycles. The van der Waals surface area contributed by atoms with Gasteiger partial charge in [0.1, 0.15) is 11.4 Å². The molecule has 122 valence electrons. The fraction of sp³-hybridized carbons (Fsp3) is 0.389. The number of hydrogen-bond donors (Lipinski definition) is 1. The van der Waals surface area contributed by atoms with E-state index < -0.39 is 0 Å². The summed E-state index contributed by atoms with van der Waals surface area (Å²) in [6.45, 7) is 8.40. The van der Waals surface area contributed by atoms with E-state index >= 15 is 0 Å². The van der Waals surface area contributed by atoms with E-state index in [2.05, 4.69) is 25.9 Å². The molecule has 4 nitrogen and oxygen atoms in total. The topological polar surface area (TPSA) is 39.1 Å². The van der Waals surface area contributed by atoms with Crippen molar-refractivity contribution in [2.24, 2.45) is 5.10 Å². The lowest BCUT2D eigenvalue weighted by atomic mass is 9.85. The molecule has 1 atom stereocenters. The van der Waals surface area contributed by atoms with E-state index in [-0.39, 0.29) is 17.2 Å². The van der Waals surface area contributed by atoms with Crippen molar-refractivity contribution >= 4 is 23.0 Å². The zero-order chi connectivity index (χ0) is 16.9. The van der Waals surface area contributed by atoms with Crippen LogP contribution >= 0.6 is 11.6 Å². The first-order chi connectivity index (χ1) is 10.7. The Morgan fingerprint density at radius 3 is 2.61 bits per heavy atom. The predicted octanol–water partition coefficient (Wildman–Crippen LogP) is 4.08. The van der Waals surface area contributed by atoms with E-state index in [0.717, 1.165) is 16.8 Å². The van der Waals surface area contributed by atoms with Crippen molar-refractivity contribution in [1.82, 2.24) is 5.01 Å². The number of hydrazone groups is 1. The Kier molecular flexibility index (Phi) is 3.77. The lowest BCUT2D eigenvalue weighted by molar-refractivity contribution is 0.327. The number of hydrogen-bond acceptors (Lipinski definition) is 4. The summed E-state index contributed by atoms with van der Waals surface area (Å²) in [6, 6.07) is 4.08. The summed E-state index contributed by atoms with van der Waals surface area (Å²) in [4.78, 5) is 0. The SMILES string of the molecule is Cc1cc(C(C)(C)C)cc(N2N=C3C=C(Cl)C=CC3N2C)c1O. The second-order valence-electron chi connectivity index (χ2n) is 7.13. The standard InChI is InChI=1S/C18H22ClN3O/c1-11-8-12(18(2,3)4)9-16(17(11)23)22-20-14-10-13(19)6-7-15(14)21(22)5/h6-10,15,23H,1-5H3. The fourth-order valence-electron chi connectivity index (χ4n) is 2.83. The molecule has 0 spiro atoms. The van der Waals surface area contributed by atoms with Gasteiger partial charge in [0.15, 0.2) is 0 Å². The summed E-state index contributed by atoms with van der Waals surface area (Å²) in [5.74, 6) is 0.256. The lowest BCUT2D eigenvalue weighted by Gasteiger charge is -2.29. The normalized spacial score (nSPS) is 21.3. The maximum Gasteiger partial charge on any atom is 0.145 e. The van der Waals surface area contributed by atoms with Crippen molar-refractivity contribution in [2.45, 2.75) is 39.2 Å². The first-order valence-electron chi connectivity index (χ1n) is 7.69. The number of phenols is 1. The van der Waals surface area contributed by atoms with Crippen LogP contribution in [-0.4, -0.2) is 28.9 Å². The number of aromatic hydroxyl groups is 1. The van der Waals surface area contributed by atoms with Gasteiger partial charge in [0.25, 0.3) is 0 Å². The van der Waals surface area contributed by atoms with Gasteiger partial charge in [0, 0.05) is 12.1 Å². The molecule has 0 saturated carbocycles. The van der Waals surface area contributed by atoms with Crippen molar-refractivity contribution in [3.8, 4) is 5.75 Å². The molecular weight excluding hydrogens is 310 g/mol. The summed E-state index contributed by atoms with van der Waals surface area (Å²) >= 11 is 6.07. The maximum atomic E-state index is 10.6. The van der Waals surface area contributed by atoms with Gasteiger partial charge < -0.3 is 5.11 Å². The number of anilines is 1. The molecule has 1 unspecified atom stereocenters. The van der Waals surface area contributed by atoms with Gasteiger partial charge in [-0.15, -0.1) is 0 Å². The summed E-state index contributed by atoms with van der Waals surface area (Å²) in [6.07, 6.45) is 5.75. The first-order valence-corrected chi connectivity index (χ1v) is 8.07. The van der Waals surface area contributed by atoms with E-state index in [9.17, 15) is 5.11 Å². The zero-order valence-electron chi connectivity index (χ0n) is 14.1. The summed E-state index contributed by atoms with van der Waals surface area (Å²) in [5.41, 5.74) is 3.57. The molecular formula is C18H22ClN3O. The number of benzene rings is 1. The fourth-order valence-corrected chi connectivity index (χ4v) is 3.01. The molecule has 1 aliphatic heterocycles. The first kappa shape index (κ1) is 16.1. The quantitative estimate of drug-likeness (QED) is 0.842. The Morgan fingerprint density at radius 2 is 1.96 bits per heavy atom. The molecule has 0 bridgehead atoms. The van der Waals surface area contributed by atoms with Gasteiger partial charge in [0.2, 0.25) is 0 Å². The minimum absolute atomic E-state index is 0.00543. The van der Waals surface area contributed by atoms with Crippen molar-refractivity contribution in [3.05, 3.63) is 46.5 Å². The second kappa shape index (κ2) is 5.39. The number of aryl methyl sites for hydroxylation is 1. The third-order valence-electron chi connectivity index (χ3n) is 4.30. The van der Waals surface area contributed by atoms with Gasteiger partial charge in [-0.3, -0.25) is 0 Å². The molecule has 0 amide bonds. The average molecular weight is 332 g/mol. The van der Waals surface area contributed by atoms with Gasteiger partial charge >= 0.3 is 0 Å². The molecule has 1 aromatic rings. The van der Waals surface area contributed by atoms with Gasteiger partial charge in [-0.2, -0.15) is 15.2 Å². The van der Waals surface area contributed by atoms with Crippen molar-refractivity contribution < 1.29 is 5.11 Å². The highest BCUT2D eigenvalue weighted by atomic mass is 35.5. The Balaban J connectivity index is 2.09. The molecule has 0 aromatic heterocycles. The molecule has 5 heteroatoms. The molecule has 2 aliphatic rings. The predicted molar refractivity (Wildman–Crippen MR) is 96.1 cm³/mol. The minimum atomic E-state index is -0.00543. The van der Waals surface area contributed by atoms with Gasteiger partial charge in [-0.05, 0) is 41.7 Å². The van der Waals surface area contributed by atoms with E-state index in [1.54, 1.807) is 5.12 Å². The number of allylic oxidation sites excluding steroid dienone is 2. The van der Waals surface area contributed by atoms with Crippen LogP contribution in [-0.2, 0) is 5.41 Å². The van der Waals surface area contributed by atoms with Gasteiger partial charge in [-0.25, -0.2) is 0 Å². The van der Waals surface area contributed by atoms with Crippen molar-refractivity contribution in [3.63, 3.8) is 0 Å². The van der Waals surface area contributed by atoms with Crippen LogP contribution in [0.5, 0.6) is 5.75 Å². The van der Waals surface area contributed by atoms with Crippen LogP contribution in [0.3, 0.4) is 0 Å². The van der Waals surface area contributed by atoms with Crippen LogP contribution in [0.25, 0.3) is 0 Å². The maximum absolute atomic E-state index is 10.6. The van der Waals surface area contributed by atoms with E-state index in [0.29, 0.717) is 10.7 Å². The number of hydrazine groups is 1. The molecule has 0 fully saturated rings. The number of likely N-dealkylation sites (N-methyl/N-ethyl adjacent to an activating group) is 1. The zero-order valence-corrected chi connectivity index (χ0v) is 14.9. The third kappa shape index (κ3) is 2.77. The number of fused-ring (bicyclic) bond motifs is 1. The monoisotopic (exact) mass is 331 g/mol. The Labute approximate surface area is 142 Å². The van der Waals surface area contributed by atoms with Gasteiger partial charge in [0.05, 0.1) is 11.8 Å². The Bertz CT molecular complexity index is 743. The van der Waals surface area contributed by atoms with Crippen LogP contribution in [0.15, 0.2) is 40.5 Å². The van der Waals surface area contributed by atoms with E-state index in [1.165, 1.54) is 0 Å². The number of halogens is 1. The number of phenolic OH excluding ortho intramolecular Hbond substituents is 1. The molecule has 3 rings (SSSR count). The number of nitrogens with zero attached hydrogens (tertiary/aromatic N) is 3. The lowest BCUT2D eigenvalue weighted by Crippen LogP contribution is -2.39. The van der Waals surface area contributed by atoms with E-state index in [1.807, 2.05) is 49.3 Å². The highest BCUT2D eigenvalue weighted by molar-refractivity contribution is 6.33. The van der Waals surface area contributed by atoms with Gasteiger partial charge in [-0.1, -0.05) is 44.5 Å². The van der Waals surface area contributed by atoms with Crippen LogP contribution in [0, 0.1) is 6.92 Å². The summed E-state index contributed by atoms with van der Waals surface area (Å²) in [5, 5.41) is 19.6. The van der Waals surface area contributed by atoms with E-state index in [4.69, 9.17) is 11.6 Å². The molecule has 1 N–H and O–H groups in total.